The molecule has 1 saturated carbocycles. The van der Waals surface area contributed by atoms with Gasteiger partial charge in [0.2, 0.25) is 0 Å². The first kappa shape index (κ1) is 36.4. The van der Waals surface area contributed by atoms with Crippen LogP contribution in [0.25, 0.3) is 0 Å². The van der Waals surface area contributed by atoms with Crippen LogP contribution in [0.1, 0.15) is 52.6 Å². The maximum absolute atomic E-state index is 14.0. The van der Waals surface area contributed by atoms with E-state index in [0.29, 0.717) is 0 Å². The fourth-order valence-corrected chi connectivity index (χ4v) is 7.28. The number of hydrogen-bond acceptors (Lipinski definition) is 13. The molecule has 2 unspecified atom stereocenters. The maximum Gasteiger partial charge on any atom is 0.405 e. The molecule has 1 fully saturated rings. The number of ether oxygens (including phenoxy) is 2. The van der Waals surface area contributed by atoms with Crippen LogP contribution in [-0.4, -0.2) is 69.0 Å². The lowest BCUT2D eigenvalue weighted by molar-refractivity contribution is -0.184. The van der Waals surface area contributed by atoms with Crippen LogP contribution in [0.4, 0.5) is 5.82 Å². The zero-order valence-electron chi connectivity index (χ0n) is 26.0. The minimum Gasteiger partial charge on any atom is -0.458 e. The molecule has 0 saturated heterocycles. The summed E-state index contributed by atoms with van der Waals surface area (Å²) in [5, 5.41) is 12.0. The molecule has 16 heteroatoms. The third-order valence-electron chi connectivity index (χ3n) is 7.33. The highest BCUT2D eigenvalue weighted by molar-refractivity contribution is 8.13. The van der Waals surface area contributed by atoms with Crippen molar-refractivity contribution in [2.75, 3.05) is 31.3 Å². The van der Waals surface area contributed by atoms with Gasteiger partial charge in [0, 0.05) is 38.3 Å². The summed E-state index contributed by atoms with van der Waals surface area (Å²) in [4.78, 5) is 53.5. The lowest BCUT2D eigenvalue weighted by Crippen LogP contribution is -2.50. The Bertz CT molecular complexity index is 1460. The second-order valence-electron chi connectivity index (χ2n) is 11.5. The molecular weight excluding hydrogens is 627 g/mol. The number of aromatic nitrogens is 2. The molecule has 2 aromatic rings. The number of hydrogen-bond donors (Lipinski definition) is 3. The van der Waals surface area contributed by atoms with Gasteiger partial charge in [0.1, 0.15) is 11.9 Å². The predicted molar refractivity (Wildman–Crippen MR) is 167 cm³/mol. The maximum atomic E-state index is 14.0. The number of aliphatic hydroxyl groups is 1. The number of nitrogens with zero attached hydrogens (tertiary/aromatic N) is 2. The Hall–Kier alpha value is -3.07. The number of aliphatic hydroxyl groups excluding tert-OH is 1. The van der Waals surface area contributed by atoms with Crippen LogP contribution in [0, 0.1) is 11.3 Å². The van der Waals surface area contributed by atoms with Crippen molar-refractivity contribution in [3.63, 3.8) is 0 Å². The van der Waals surface area contributed by atoms with E-state index < -0.39 is 54.5 Å². The van der Waals surface area contributed by atoms with E-state index in [1.54, 1.807) is 20.8 Å². The normalized spacial score (nSPS) is 22.8. The molecule has 1 heterocycles. The molecule has 4 N–H and O–H groups in total. The van der Waals surface area contributed by atoms with Gasteiger partial charge >= 0.3 is 25.4 Å². The molecule has 0 spiro atoms. The van der Waals surface area contributed by atoms with Crippen molar-refractivity contribution in [1.82, 2.24) is 14.6 Å². The Balaban J connectivity index is 1.86. The highest BCUT2D eigenvalue weighted by Gasteiger charge is 2.58. The van der Waals surface area contributed by atoms with Crippen LogP contribution < -0.4 is 16.5 Å². The molecule has 1 aliphatic carbocycles. The number of benzene rings is 1. The number of esters is 2. The molecule has 0 aliphatic heterocycles. The van der Waals surface area contributed by atoms with E-state index in [9.17, 15) is 28.8 Å². The first-order valence-electron chi connectivity index (χ1n) is 14.3. The molecule has 1 aromatic heterocycles. The highest BCUT2D eigenvalue weighted by Crippen LogP contribution is 2.50. The summed E-state index contributed by atoms with van der Waals surface area (Å²) in [5.74, 6) is -1.91. The Morgan fingerprint density at radius 3 is 2.47 bits per heavy atom. The molecule has 0 bridgehead atoms. The van der Waals surface area contributed by atoms with Crippen molar-refractivity contribution in [3.8, 4) is 0 Å². The molecule has 1 aliphatic rings. The summed E-state index contributed by atoms with van der Waals surface area (Å²) < 4.78 is 38.2. The molecule has 0 amide bonds. The van der Waals surface area contributed by atoms with Gasteiger partial charge in [-0.05, 0) is 38.8 Å². The van der Waals surface area contributed by atoms with Gasteiger partial charge in [-0.25, -0.2) is 14.4 Å². The standard InChI is InChI=1S/C29H41N4O10PS/c1-19(35)42-25-22(15-23(29(25,5)43-20(2)36)33-12-11-24(30)32-27(33)38)17-41-44(39,31-16-21-9-7-6-8-10-21)40-13-14-45-26(37)28(3,4)18-34/h6-12,22-23,25,34H,13-18H2,1-5H3,(H,31,39)(H2,30,32,38)/t22-,23-,25?,29-,44?/m1/s1. The molecule has 14 nitrogen and oxygen atoms in total. The van der Waals surface area contributed by atoms with Crippen LogP contribution in [0.3, 0.4) is 0 Å². The van der Waals surface area contributed by atoms with Crippen LogP contribution in [0.2, 0.25) is 0 Å². The summed E-state index contributed by atoms with van der Waals surface area (Å²) >= 11 is 0.938. The third kappa shape index (κ3) is 9.71. The van der Waals surface area contributed by atoms with Crippen LogP contribution in [0.15, 0.2) is 47.4 Å². The van der Waals surface area contributed by atoms with E-state index in [4.69, 9.17) is 24.3 Å². The number of nitrogen functional groups attached to an aromatic ring is 1. The van der Waals surface area contributed by atoms with Crippen molar-refractivity contribution < 1.29 is 42.6 Å². The number of nitrogens with one attached hydrogen (secondary N) is 1. The number of rotatable bonds is 15. The summed E-state index contributed by atoms with van der Waals surface area (Å²) in [6.07, 6.45) is 0.411. The van der Waals surface area contributed by atoms with Gasteiger partial charge in [0.15, 0.2) is 10.7 Å². The fraction of sp³-hybridized carbons (Fsp3) is 0.552. The first-order valence-corrected chi connectivity index (χ1v) is 16.8. The topological polar surface area (TPSA) is 198 Å². The lowest BCUT2D eigenvalue weighted by atomic mass is 9.95. The van der Waals surface area contributed by atoms with E-state index in [-0.39, 0.29) is 49.5 Å². The van der Waals surface area contributed by atoms with Crippen LogP contribution >= 0.6 is 19.5 Å². The van der Waals surface area contributed by atoms with Crippen molar-refractivity contribution >= 4 is 42.4 Å². The summed E-state index contributed by atoms with van der Waals surface area (Å²) in [6.45, 7) is 6.55. The van der Waals surface area contributed by atoms with Gasteiger partial charge in [-0.1, -0.05) is 42.1 Å². The van der Waals surface area contributed by atoms with E-state index in [1.807, 2.05) is 30.3 Å². The second-order valence-corrected chi connectivity index (χ2v) is 14.4. The molecule has 0 radical (unpaired) electrons. The average Bonchev–Trinajstić information content (AvgIpc) is 3.23. The predicted octanol–water partition coefficient (Wildman–Crippen LogP) is 2.85. The number of thioether (sulfide) groups is 1. The first-order chi connectivity index (χ1) is 21.1. The average molecular weight is 669 g/mol. The molecule has 45 heavy (non-hydrogen) atoms. The zero-order chi connectivity index (χ0) is 33.4. The summed E-state index contributed by atoms with van der Waals surface area (Å²) in [7, 11) is -4.05. The van der Waals surface area contributed by atoms with E-state index in [2.05, 4.69) is 10.1 Å². The van der Waals surface area contributed by atoms with E-state index in [0.717, 1.165) is 17.3 Å². The monoisotopic (exact) mass is 668 g/mol. The van der Waals surface area contributed by atoms with Crippen LogP contribution in [0.5, 0.6) is 0 Å². The van der Waals surface area contributed by atoms with Crippen molar-refractivity contribution in [2.24, 2.45) is 11.3 Å². The molecule has 5 atom stereocenters. The Morgan fingerprint density at radius 2 is 1.87 bits per heavy atom. The Labute approximate surface area is 265 Å². The Morgan fingerprint density at radius 1 is 1.18 bits per heavy atom. The van der Waals surface area contributed by atoms with Gasteiger partial charge in [-0.3, -0.25) is 28.0 Å². The van der Waals surface area contributed by atoms with Crippen LogP contribution in [-0.2, 0) is 44.0 Å². The minimum absolute atomic E-state index is 0.00206. The molecule has 1 aromatic carbocycles. The summed E-state index contributed by atoms with van der Waals surface area (Å²) in [5.41, 5.74) is 3.29. The highest BCUT2D eigenvalue weighted by atomic mass is 32.2. The van der Waals surface area contributed by atoms with Crippen molar-refractivity contribution in [2.45, 2.75) is 65.3 Å². The Kier molecular flexibility index (Phi) is 12.5. The molecule has 248 valence electrons. The van der Waals surface area contributed by atoms with Gasteiger partial charge < -0.3 is 20.3 Å². The quantitative estimate of drug-likeness (QED) is 0.142. The minimum atomic E-state index is -4.05. The number of carbonyl (C=O) groups excluding carboxylic acids is 3. The number of nitrogens with two attached hydrogens (primary N) is 1. The van der Waals surface area contributed by atoms with E-state index in [1.165, 1.54) is 30.7 Å². The fourth-order valence-electron chi connectivity index (χ4n) is 5.00. The molecular formula is C29H41N4O10PS. The van der Waals surface area contributed by atoms with Crippen molar-refractivity contribution in [3.05, 3.63) is 58.6 Å². The molecule has 3 rings (SSSR count). The largest absolute Gasteiger partial charge is 0.458 e. The smallest absolute Gasteiger partial charge is 0.405 e. The summed E-state index contributed by atoms with van der Waals surface area (Å²) in [6, 6.07) is 9.69. The van der Waals surface area contributed by atoms with Crippen molar-refractivity contribution in [1.29, 1.82) is 0 Å². The second kappa shape index (κ2) is 15.5. The number of carbonyl (C=O) groups is 3. The lowest BCUT2D eigenvalue weighted by Gasteiger charge is -2.36. The van der Waals surface area contributed by atoms with Gasteiger partial charge in [-0.2, -0.15) is 4.98 Å². The number of anilines is 1. The SMILES string of the molecule is CC(=O)OC1[C@@H](COP(=O)(NCc2ccccc2)OCCSC(=O)C(C)(C)CO)C[C@@H](n2ccc(N)nc2=O)[C@@]1(C)OC(C)=O. The van der Waals surface area contributed by atoms with Gasteiger partial charge in [-0.15, -0.1) is 0 Å². The zero-order valence-corrected chi connectivity index (χ0v) is 27.7. The van der Waals surface area contributed by atoms with Gasteiger partial charge in [0.05, 0.1) is 31.3 Å². The third-order valence-corrected chi connectivity index (χ3v) is 10.1. The van der Waals surface area contributed by atoms with Gasteiger partial charge in [0.25, 0.3) is 0 Å². The van der Waals surface area contributed by atoms with E-state index >= 15 is 0 Å².